The van der Waals surface area contributed by atoms with Crippen molar-refractivity contribution in [3.05, 3.63) is 0 Å². The van der Waals surface area contributed by atoms with E-state index in [9.17, 15) is 14.4 Å². The van der Waals surface area contributed by atoms with Crippen molar-refractivity contribution < 1.29 is 28.6 Å². The summed E-state index contributed by atoms with van der Waals surface area (Å²) in [7, 11) is 0. The van der Waals surface area contributed by atoms with E-state index in [1.54, 1.807) is 13.8 Å². The first kappa shape index (κ1) is 16.4. The van der Waals surface area contributed by atoms with Gasteiger partial charge in [-0.05, 0) is 13.3 Å². The molecule has 0 fully saturated rings. The molecule has 0 aliphatic heterocycles. The second kappa shape index (κ2) is 7.68. The molecular weight excluding hydrogens is 240 g/mol. The van der Waals surface area contributed by atoms with Gasteiger partial charge in [-0.2, -0.15) is 0 Å². The minimum atomic E-state index is -0.805. The molecule has 18 heavy (non-hydrogen) atoms. The molecule has 3 atom stereocenters. The number of carbonyl (C=O) groups is 3. The van der Waals surface area contributed by atoms with Crippen LogP contribution in [0.5, 0.6) is 0 Å². The van der Waals surface area contributed by atoms with Gasteiger partial charge in [0.1, 0.15) is 12.2 Å². The van der Waals surface area contributed by atoms with Crippen LogP contribution in [0.1, 0.15) is 41.0 Å². The van der Waals surface area contributed by atoms with Crippen LogP contribution in [-0.2, 0) is 28.6 Å². The Morgan fingerprint density at radius 3 is 1.67 bits per heavy atom. The van der Waals surface area contributed by atoms with Crippen LogP contribution in [0.3, 0.4) is 0 Å². The van der Waals surface area contributed by atoms with Crippen LogP contribution in [-0.4, -0.2) is 36.2 Å². The highest BCUT2D eigenvalue weighted by atomic mass is 16.6. The first-order valence-corrected chi connectivity index (χ1v) is 5.79. The maximum absolute atomic E-state index is 11.0. The molecule has 0 aromatic heterocycles. The van der Waals surface area contributed by atoms with Gasteiger partial charge in [0, 0.05) is 20.8 Å². The summed E-state index contributed by atoms with van der Waals surface area (Å²) in [6, 6.07) is 0. The van der Waals surface area contributed by atoms with Crippen LogP contribution in [0, 0.1) is 0 Å². The molecule has 0 radical (unpaired) electrons. The van der Waals surface area contributed by atoms with Crippen molar-refractivity contribution in [3.63, 3.8) is 0 Å². The van der Waals surface area contributed by atoms with E-state index in [0.717, 1.165) is 0 Å². The average molecular weight is 260 g/mol. The third-order valence-electron chi connectivity index (χ3n) is 2.20. The zero-order valence-corrected chi connectivity index (χ0v) is 11.4. The molecular formula is C12H20O6. The van der Waals surface area contributed by atoms with Gasteiger partial charge in [0.15, 0.2) is 6.10 Å². The summed E-state index contributed by atoms with van der Waals surface area (Å²) in [5.74, 6) is -1.49. The Kier molecular flexibility index (Phi) is 7.00. The Labute approximate surface area is 107 Å². The topological polar surface area (TPSA) is 78.9 Å². The van der Waals surface area contributed by atoms with E-state index >= 15 is 0 Å². The van der Waals surface area contributed by atoms with Gasteiger partial charge in [-0.15, -0.1) is 0 Å². The molecule has 0 unspecified atom stereocenters. The number of hydrogen-bond acceptors (Lipinski definition) is 6. The van der Waals surface area contributed by atoms with Gasteiger partial charge < -0.3 is 14.2 Å². The zero-order chi connectivity index (χ0) is 14.3. The molecule has 0 N–H and O–H groups in total. The molecule has 0 aromatic rings. The average Bonchev–Trinajstić information content (AvgIpc) is 2.21. The van der Waals surface area contributed by atoms with E-state index in [4.69, 9.17) is 14.2 Å². The van der Waals surface area contributed by atoms with E-state index in [1.165, 1.54) is 20.8 Å². The highest BCUT2D eigenvalue weighted by molar-refractivity contribution is 5.68. The van der Waals surface area contributed by atoms with Gasteiger partial charge in [0.2, 0.25) is 0 Å². The third kappa shape index (κ3) is 6.22. The molecule has 0 heterocycles. The second-order valence-electron chi connectivity index (χ2n) is 3.94. The fraction of sp³-hybridized carbons (Fsp3) is 0.750. The van der Waals surface area contributed by atoms with Crippen LogP contribution in [0.2, 0.25) is 0 Å². The lowest BCUT2D eigenvalue weighted by Gasteiger charge is -2.29. The lowest BCUT2D eigenvalue weighted by molar-refractivity contribution is -0.181. The van der Waals surface area contributed by atoms with Crippen LogP contribution in [0.25, 0.3) is 0 Å². The number of ether oxygens (including phenoxy) is 3. The Morgan fingerprint density at radius 2 is 1.33 bits per heavy atom. The molecule has 0 aliphatic rings. The largest absolute Gasteiger partial charge is 0.459 e. The Bertz CT molecular complexity index is 312. The van der Waals surface area contributed by atoms with Crippen LogP contribution >= 0.6 is 0 Å². The van der Waals surface area contributed by atoms with Gasteiger partial charge in [0.25, 0.3) is 0 Å². The summed E-state index contributed by atoms with van der Waals surface area (Å²) in [5, 5.41) is 0. The maximum atomic E-state index is 11.0. The first-order chi connectivity index (χ1) is 8.27. The van der Waals surface area contributed by atoms with E-state index in [2.05, 4.69) is 0 Å². The van der Waals surface area contributed by atoms with E-state index in [0.29, 0.717) is 6.42 Å². The summed E-state index contributed by atoms with van der Waals surface area (Å²) in [6.45, 7) is 7.14. The normalized spacial score (nSPS) is 15.2. The van der Waals surface area contributed by atoms with Crippen LogP contribution in [0.15, 0.2) is 0 Å². The Morgan fingerprint density at radius 1 is 0.889 bits per heavy atom. The summed E-state index contributed by atoms with van der Waals surface area (Å²) in [4.78, 5) is 32.9. The maximum Gasteiger partial charge on any atom is 0.303 e. The fourth-order valence-electron chi connectivity index (χ4n) is 1.59. The molecule has 0 amide bonds. The van der Waals surface area contributed by atoms with Crippen molar-refractivity contribution in [2.45, 2.75) is 59.4 Å². The molecule has 0 aromatic carbocycles. The Hall–Kier alpha value is -1.59. The molecule has 6 nitrogen and oxygen atoms in total. The van der Waals surface area contributed by atoms with E-state index in [-0.39, 0.29) is 0 Å². The van der Waals surface area contributed by atoms with Crippen molar-refractivity contribution >= 4 is 17.9 Å². The monoisotopic (exact) mass is 260 g/mol. The molecule has 0 saturated carbocycles. The number of hydrogen-bond donors (Lipinski definition) is 0. The van der Waals surface area contributed by atoms with Gasteiger partial charge in [-0.3, -0.25) is 14.4 Å². The van der Waals surface area contributed by atoms with E-state index in [1.807, 2.05) is 0 Å². The molecule has 0 bridgehead atoms. The lowest BCUT2D eigenvalue weighted by Crippen LogP contribution is -2.43. The van der Waals surface area contributed by atoms with Crippen molar-refractivity contribution in [1.29, 1.82) is 0 Å². The minimum Gasteiger partial charge on any atom is -0.459 e. The highest BCUT2D eigenvalue weighted by Crippen LogP contribution is 2.16. The van der Waals surface area contributed by atoms with Crippen molar-refractivity contribution in [3.8, 4) is 0 Å². The van der Waals surface area contributed by atoms with Gasteiger partial charge >= 0.3 is 17.9 Å². The smallest absolute Gasteiger partial charge is 0.303 e. The Balaban J connectivity index is 4.86. The summed E-state index contributed by atoms with van der Waals surface area (Å²) < 4.78 is 15.1. The van der Waals surface area contributed by atoms with Gasteiger partial charge in [-0.1, -0.05) is 6.92 Å². The zero-order valence-electron chi connectivity index (χ0n) is 11.4. The number of esters is 3. The molecule has 104 valence electrons. The summed E-state index contributed by atoms with van der Waals surface area (Å²) in [6.07, 6.45) is -1.68. The first-order valence-electron chi connectivity index (χ1n) is 5.79. The van der Waals surface area contributed by atoms with Crippen LogP contribution < -0.4 is 0 Å². The fourth-order valence-corrected chi connectivity index (χ4v) is 1.59. The van der Waals surface area contributed by atoms with Crippen LogP contribution in [0.4, 0.5) is 0 Å². The predicted molar refractivity (Wildman–Crippen MR) is 62.6 cm³/mol. The van der Waals surface area contributed by atoms with Gasteiger partial charge in [-0.25, -0.2) is 0 Å². The lowest BCUT2D eigenvalue weighted by atomic mass is 10.1. The summed E-state index contributed by atoms with van der Waals surface area (Å²) in [5.41, 5.74) is 0. The quantitative estimate of drug-likeness (QED) is 0.527. The molecule has 0 spiro atoms. The van der Waals surface area contributed by atoms with Crippen molar-refractivity contribution in [2.24, 2.45) is 0 Å². The standard InChI is InChI=1S/C12H20O6/c1-6-11(17-9(4)14)12(18-10(5)15)7(2)16-8(3)13/h7,11-12H,6H2,1-5H3/t7-,11+,12-/m0/s1. The molecule has 0 saturated heterocycles. The second-order valence-corrected chi connectivity index (χ2v) is 3.94. The number of carbonyl (C=O) groups excluding carboxylic acids is 3. The van der Waals surface area contributed by atoms with Crippen molar-refractivity contribution in [2.75, 3.05) is 0 Å². The third-order valence-corrected chi connectivity index (χ3v) is 2.20. The highest BCUT2D eigenvalue weighted by Gasteiger charge is 2.32. The molecule has 0 rings (SSSR count). The predicted octanol–water partition coefficient (Wildman–Crippen LogP) is 1.21. The molecule has 0 aliphatic carbocycles. The minimum absolute atomic E-state index is 0.448. The SMILES string of the molecule is CC[C@@H](OC(C)=O)[C@@H](OC(C)=O)[C@H](C)OC(C)=O. The van der Waals surface area contributed by atoms with Crippen molar-refractivity contribution in [1.82, 2.24) is 0 Å². The molecule has 6 heteroatoms. The summed E-state index contributed by atoms with van der Waals surface area (Å²) >= 11 is 0. The van der Waals surface area contributed by atoms with Gasteiger partial charge in [0.05, 0.1) is 0 Å². The van der Waals surface area contributed by atoms with E-state index < -0.39 is 36.2 Å². The number of rotatable bonds is 6.